The number of pyridine rings is 1. The summed E-state index contributed by atoms with van der Waals surface area (Å²) in [4.78, 5) is 23.7. The van der Waals surface area contributed by atoms with Crippen molar-refractivity contribution in [2.45, 2.75) is 0 Å². The van der Waals surface area contributed by atoms with Crippen LogP contribution in [-0.4, -0.2) is 32.2 Å². The average molecular weight is 387 g/mol. The molecule has 7 heteroatoms. The first kappa shape index (κ1) is 17.8. The summed E-state index contributed by atoms with van der Waals surface area (Å²) in [5.41, 5.74) is 2.34. The maximum Gasteiger partial charge on any atom is 0.261 e. The van der Waals surface area contributed by atoms with Gasteiger partial charge in [0.25, 0.3) is 5.91 Å². The second kappa shape index (κ2) is 7.98. The molecule has 4 rings (SSSR count). The SMILES string of the molecule is C=CCN(C(=O)c1ccc(-n2cccn2)nc1)c1nc(-c2ccccc2)cs1. The van der Waals surface area contributed by atoms with Gasteiger partial charge in [0.1, 0.15) is 0 Å². The van der Waals surface area contributed by atoms with Gasteiger partial charge < -0.3 is 0 Å². The largest absolute Gasteiger partial charge is 0.280 e. The van der Waals surface area contributed by atoms with Crippen molar-refractivity contribution in [3.05, 3.63) is 90.7 Å². The minimum atomic E-state index is -0.173. The van der Waals surface area contributed by atoms with Crippen LogP contribution in [0.2, 0.25) is 0 Å². The third kappa shape index (κ3) is 3.60. The first-order valence-corrected chi connectivity index (χ1v) is 9.54. The van der Waals surface area contributed by atoms with Gasteiger partial charge in [-0.2, -0.15) is 5.10 Å². The predicted octanol–water partition coefficient (Wildman–Crippen LogP) is 4.22. The van der Waals surface area contributed by atoms with Crippen molar-refractivity contribution in [1.82, 2.24) is 19.7 Å². The van der Waals surface area contributed by atoms with Gasteiger partial charge in [0, 0.05) is 36.1 Å². The molecular formula is C21H17N5OS. The van der Waals surface area contributed by atoms with Crippen LogP contribution < -0.4 is 4.90 Å². The van der Waals surface area contributed by atoms with Crippen LogP contribution in [0.15, 0.2) is 85.2 Å². The van der Waals surface area contributed by atoms with Crippen LogP contribution in [0.3, 0.4) is 0 Å². The van der Waals surface area contributed by atoms with Crippen LogP contribution >= 0.6 is 11.3 Å². The quantitative estimate of drug-likeness (QED) is 0.465. The number of hydrogen-bond acceptors (Lipinski definition) is 5. The van der Waals surface area contributed by atoms with Gasteiger partial charge in [-0.25, -0.2) is 14.6 Å². The number of rotatable bonds is 6. The fourth-order valence-electron chi connectivity index (χ4n) is 2.71. The van der Waals surface area contributed by atoms with Gasteiger partial charge in [-0.1, -0.05) is 36.4 Å². The van der Waals surface area contributed by atoms with Gasteiger partial charge in [0.05, 0.1) is 11.3 Å². The Kier molecular flexibility index (Phi) is 5.07. The lowest BCUT2D eigenvalue weighted by Crippen LogP contribution is -2.31. The molecule has 1 amide bonds. The van der Waals surface area contributed by atoms with E-state index in [2.05, 4.69) is 21.6 Å². The number of benzene rings is 1. The summed E-state index contributed by atoms with van der Waals surface area (Å²) in [5, 5.41) is 6.72. The second-order valence-corrected chi connectivity index (χ2v) is 6.78. The summed E-state index contributed by atoms with van der Waals surface area (Å²) in [6, 6.07) is 15.2. The molecule has 0 aliphatic carbocycles. The Labute approximate surface area is 166 Å². The Hall–Kier alpha value is -3.58. The summed E-state index contributed by atoms with van der Waals surface area (Å²) < 4.78 is 1.64. The van der Waals surface area contributed by atoms with Gasteiger partial charge in [-0.15, -0.1) is 17.9 Å². The molecule has 0 spiro atoms. The van der Waals surface area contributed by atoms with Gasteiger partial charge in [0.2, 0.25) is 0 Å². The van der Waals surface area contributed by atoms with E-state index in [-0.39, 0.29) is 5.91 Å². The molecule has 4 aromatic rings. The number of amides is 1. The van der Waals surface area contributed by atoms with Crippen LogP contribution in [0.4, 0.5) is 5.13 Å². The first-order valence-electron chi connectivity index (χ1n) is 8.66. The zero-order valence-electron chi connectivity index (χ0n) is 15.0. The number of aromatic nitrogens is 4. The highest BCUT2D eigenvalue weighted by Crippen LogP contribution is 2.28. The molecule has 0 bridgehead atoms. The molecule has 3 aromatic heterocycles. The smallest absolute Gasteiger partial charge is 0.261 e. The molecule has 6 nitrogen and oxygen atoms in total. The topological polar surface area (TPSA) is 63.9 Å². The number of anilines is 1. The van der Waals surface area contributed by atoms with E-state index in [9.17, 15) is 4.79 Å². The van der Waals surface area contributed by atoms with E-state index >= 15 is 0 Å². The van der Waals surface area contributed by atoms with Crippen molar-refractivity contribution in [3.8, 4) is 17.1 Å². The molecule has 0 unspecified atom stereocenters. The maximum atomic E-state index is 13.1. The van der Waals surface area contributed by atoms with Crippen molar-refractivity contribution >= 4 is 22.4 Å². The zero-order chi connectivity index (χ0) is 19.3. The van der Waals surface area contributed by atoms with Crippen LogP contribution in [0.1, 0.15) is 10.4 Å². The Bertz CT molecular complexity index is 1070. The lowest BCUT2D eigenvalue weighted by Gasteiger charge is -2.18. The Balaban J connectivity index is 1.60. The van der Waals surface area contributed by atoms with Crippen LogP contribution in [-0.2, 0) is 0 Å². The second-order valence-electron chi connectivity index (χ2n) is 5.94. The van der Waals surface area contributed by atoms with E-state index in [1.807, 2.05) is 41.8 Å². The van der Waals surface area contributed by atoms with Crippen LogP contribution in [0.5, 0.6) is 0 Å². The van der Waals surface area contributed by atoms with Crippen LogP contribution in [0, 0.1) is 0 Å². The maximum absolute atomic E-state index is 13.1. The normalized spacial score (nSPS) is 10.6. The molecule has 0 N–H and O–H groups in total. The minimum Gasteiger partial charge on any atom is -0.280 e. The van der Waals surface area contributed by atoms with Crippen molar-refractivity contribution in [2.24, 2.45) is 0 Å². The predicted molar refractivity (Wildman–Crippen MR) is 111 cm³/mol. The van der Waals surface area contributed by atoms with Gasteiger partial charge >= 0.3 is 0 Å². The van der Waals surface area contributed by atoms with E-state index < -0.39 is 0 Å². The molecule has 0 aliphatic heterocycles. The molecule has 3 heterocycles. The summed E-state index contributed by atoms with van der Waals surface area (Å²) in [6.07, 6.45) is 6.72. The van der Waals surface area contributed by atoms with E-state index in [1.54, 1.807) is 46.4 Å². The molecule has 1 aromatic carbocycles. The van der Waals surface area contributed by atoms with Crippen LogP contribution in [0.25, 0.3) is 17.1 Å². The first-order chi connectivity index (χ1) is 13.8. The highest BCUT2D eigenvalue weighted by Gasteiger charge is 2.20. The monoisotopic (exact) mass is 387 g/mol. The van der Waals surface area contributed by atoms with Gasteiger partial charge in [-0.05, 0) is 18.2 Å². The highest BCUT2D eigenvalue weighted by molar-refractivity contribution is 7.14. The number of carbonyl (C=O) groups excluding carboxylic acids is 1. The van der Waals surface area contributed by atoms with Gasteiger partial charge in [-0.3, -0.25) is 9.69 Å². The molecule has 28 heavy (non-hydrogen) atoms. The molecule has 0 radical (unpaired) electrons. The van der Waals surface area contributed by atoms with E-state index in [0.29, 0.717) is 23.1 Å². The number of hydrogen-bond donors (Lipinski definition) is 0. The fourth-order valence-corrected chi connectivity index (χ4v) is 3.56. The van der Waals surface area contributed by atoms with E-state index in [0.717, 1.165) is 11.3 Å². The number of nitrogens with zero attached hydrogens (tertiary/aromatic N) is 5. The lowest BCUT2D eigenvalue weighted by molar-refractivity contribution is 0.0989. The molecule has 0 saturated carbocycles. The number of carbonyl (C=O) groups is 1. The molecule has 138 valence electrons. The standard InChI is InChI=1S/C21H17N5OS/c1-2-12-25(21-24-18(15-28-21)16-7-4-3-5-8-16)20(27)17-9-10-19(22-14-17)26-13-6-11-23-26/h2-11,13-15H,1,12H2. The van der Waals surface area contributed by atoms with E-state index in [4.69, 9.17) is 0 Å². The van der Waals surface area contributed by atoms with Crippen molar-refractivity contribution in [2.75, 3.05) is 11.4 Å². The summed E-state index contributed by atoms with van der Waals surface area (Å²) in [6.45, 7) is 4.13. The van der Waals surface area contributed by atoms with Crippen molar-refractivity contribution in [3.63, 3.8) is 0 Å². The zero-order valence-corrected chi connectivity index (χ0v) is 15.8. The third-order valence-corrected chi connectivity index (χ3v) is 4.95. The number of thiazole rings is 1. The Morgan fingerprint density at radius 1 is 1.18 bits per heavy atom. The third-order valence-electron chi connectivity index (χ3n) is 4.08. The van der Waals surface area contributed by atoms with Crippen molar-refractivity contribution in [1.29, 1.82) is 0 Å². The fraction of sp³-hybridized carbons (Fsp3) is 0.0476. The molecule has 0 saturated heterocycles. The molecular weight excluding hydrogens is 370 g/mol. The molecule has 0 aliphatic rings. The molecule has 0 atom stereocenters. The Morgan fingerprint density at radius 3 is 2.71 bits per heavy atom. The summed E-state index contributed by atoms with van der Waals surface area (Å²) >= 11 is 1.43. The lowest BCUT2D eigenvalue weighted by atomic mass is 10.2. The highest BCUT2D eigenvalue weighted by atomic mass is 32.1. The molecule has 0 fully saturated rings. The van der Waals surface area contributed by atoms with E-state index in [1.165, 1.54) is 11.3 Å². The van der Waals surface area contributed by atoms with Crippen molar-refractivity contribution < 1.29 is 4.79 Å². The summed E-state index contributed by atoms with van der Waals surface area (Å²) in [7, 11) is 0. The Morgan fingerprint density at radius 2 is 2.04 bits per heavy atom. The van der Waals surface area contributed by atoms with Gasteiger partial charge in [0.15, 0.2) is 10.9 Å². The summed E-state index contributed by atoms with van der Waals surface area (Å²) in [5.74, 6) is 0.478. The average Bonchev–Trinajstić information content (AvgIpc) is 3.45. The minimum absolute atomic E-state index is 0.173.